The Labute approximate surface area is 173 Å². The smallest absolute Gasteiger partial charge is 0.0540 e. The van der Waals surface area contributed by atoms with E-state index in [0.29, 0.717) is 5.92 Å². The number of hydrogen-bond donors (Lipinski definition) is 1. The molecular formula is C27H42O. The van der Waals surface area contributed by atoms with Gasteiger partial charge >= 0.3 is 0 Å². The molecule has 1 atom stereocenters. The number of aliphatic hydroxyl groups is 1. The highest BCUT2D eigenvalue weighted by atomic mass is 16.3. The van der Waals surface area contributed by atoms with Crippen LogP contribution in [0.1, 0.15) is 102 Å². The summed E-state index contributed by atoms with van der Waals surface area (Å²) in [5.74, 6) is 5.63. The van der Waals surface area contributed by atoms with Gasteiger partial charge in [0.05, 0.1) is 6.10 Å². The number of aliphatic hydroxyl groups excluding tert-OH is 1. The summed E-state index contributed by atoms with van der Waals surface area (Å²) in [6, 6.07) is 11.1. The first-order valence-electron chi connectivity index (χ1n) is 12.4. The Morgan fingerprint density at radius 2 is 1.11 bits per heavy atom. The highest BCUT2D eigenvalue weighted by Crippen LogP contribution is 2.46. The van der Waals surface area contributed by atoms with Crippen LogP contribution >= 0.6 is 0 Å². The van der Waals surface area contributed by atoms with Crippen LogP contribution in [0, 0.1) is 29.6 Å². The largest absolute Gasteiger partial charge is 0.393 e. The van der Waals surface area contributed by atoms with Crippen molar-refractivity contribution in [2.45, 2.75) is 102 Å². The fraction of sp³-hybridized carbons (Fsp3) is 0.778. The van der Waals surface area contributed by atoms with Crippen molar-refractivity contribution >= 4 is 0 Å². The third-order valence-electron chi connectivity index (χ3n) is 8.84. The fourth-order valence-electron chi connectivity index (χ4n) is 6.97. The molecule has 4 rings (SSSR count). The molecule has 3 fully saturated rings. The molecule has 1 heteroatoms. The SMILES string of the molecule is C[C@H](CC1CCC(C2CCC(C3CCC(O)CC3)CC2)CC1)c1ccccc1. The normalized spacial score (nSPS) is 38.1. The van der Waals surface area contributed by atoms with E-state index < -0.39 is 0 Å². The van der Waals surface area contributed by atoms with Crippen LogP contribution in [0.25, 0.3) is 0 Å². The van der Waals surface area contributed by atoms with Crippen LogP contribution in [0.5, 0.6) is 0 Å². The summed E-state index contributed by atoms with van der Waals surface area (Å²) in [5, 5.41) is 9.78. The van der Waals surface area contributed by atoms with Gasteiger partial charge in [0, 0.05) is 0 Å². The molecule has 0 unspecified atom stereocenters. The minimum absolute atomic E-state index is 0.00684. The van der Waals surface area contributed by atoms with E-state index in [9.17, 15) is 5.11 Å². The Hall–Kier alpha value is -0.820. The molecule has 0 amide bonds. The maximum atomic E-state index is 9.78. The Morgan fingerprint density at radius 1 is 0.679 bits per heavy atom. The van der Waals surface area contributed by atoms with Gasteiger partial charge in [-0.2, -0.15) is 0 Å². The highest BCUT2D eigenvalue weighted by Gasteiger charge is 2.34. The third kappa shape index (κ3) is 5.21. The van der Waals surface area contributed by atoms with Gasteiger partial charge in [-0.15, -0.1) is 0 Å². The monoisotopic (exact) mass is 382 g/mol. The average Bonchev–Trinajstić information content (AvgIpc) is 2.76. The Morgan fingerprint density at radius 3 is 1.61 bits per heavy atom. The van der Waals surface area contributed by atoms with E-state index in [1.54, 1.807) is 0 Å². The zero-order valence-corrected chi connectivity index (χ0v) is 18.1. The summed E-state index contributed by atoms with van der Waals surface area (Å²) < 4.78 is 0. The van der Waals surface area contributed by atoms with Crippen LogP contribution in [-0.4, -0.2) is 11.2 Å². The molecule has 1 nitrogen and oxygen atoms in total. The molecule has 3 saturated carbocycles. The zero-order chi connectivity index (χ0) is 19.3. The van der Waals surface area contributed by atoms with Crippen molar-refractivity contribution in [2.24, 2.45) is 29.6 Å². The average molecular weight is 383 g/mol. The first-order chi connectivity index (χ1) is 13.7. The quantitative estimate of drug-likeness (QED) is 0.564. The molecule has 0 spiro atoms. The van der Waals surface area contributed by atoms with Crippen LogP contribution in [0.2, 0.25) is 0 Å². The summed E-state index contributed by atoms with van der Waals surface area (Å²) in [5.41, 5.74) is 1.53. The molecular weight excluding hydrogens is 340 g/mol. The van der Waals surface area contributed by atoms with Gasteiger partial charge in [0.25, 0.3) is 0 Å². The van der Waals surface area contributed by atoms with E-state index in [1.807, 2.05) is 0 Å². The second-order valence-electron chi connectivity index (χ2n) is 10.6. The maximum Gasteiger partial charge on any atom is 0.0540 e. The second-order valence-corrected chi connectivity index (χ2v) is 10.6. The first kappa shape index (κ1) is 20.5. The van der Waals surface area contributed by atoms with Crippen molar-refractivity contribution in [3.63, 3.8) is 0 Å². The summed E-state index contributed by atoms with van der Waals surface area (Å²) in [6.45, 7) is 2.42. The Bertz CT molecular complexity index is 557. The molecule has 3 aliphatic carbocycles. The standard InChI is InChI=1S/C27H42O/c1-20(22-5-3-2-4-6-22)19-21-7-9-23(10-8-21)24-11-13-25(14-12-24)26-15-17-27(28)18-16-26/h2-6,20-21,23-28H,7-19H2,1H3/t20-,21?,23?,24?,25?,26?,27?/m1/s1. The van der Waals surface area contributed by atoms with E-state index in [0.717, 1.165) is 42.4 Å². The topological polar surface area (TPSA) is 20.2 Å². The van der Waals surface area contributed by atoms with Gasteiger partial charge in [0.2, 0.25) is 0 Å². The number of benzene rings is 1. The molecule has 1 aromatic rings. The first-order valence-corrected chi connectivity index (χ1v) is 12.4. The maximum absolute atomic E-state index is 9.78. The van der Waals surface area contributed by atoms with Gasteiger partial charge in [-0.3, -0.25) is 0 Å². The molecule has 0 aromatic heterocycles. The van der Waals surface area contributed by atoms with Crippen LogP contribution < -0.4 is 0 Å². The summed E-state index contributed by atoms with van der Waals surface area (Å²) in [6.07, 6.45) is 18.0. The van der Waals surface area contributed by atoms with Crippen LogP contribution in [-0.2, 0) is 0 Å². The van der Waals surface area contributed by atoms with Gasteiger partial charge in [0.15, 0.2) is 0 Å². The van der Waals surface area contributed by atoms with Crippen LogP contribution in [0.4, 0.5) is 0 Å². The van der Waals surface area contributed by atoms with Gasteiger partial charge in [-0.25, -0.2) is 0 Å². The van der Waals surface area contributed by atoms with Crippen LogP contribution in [0.3, 0.4) is 0 Å². The van der Waals surface area contributed by atoms with Crippen molar-refractivity contribution < 1.29 is 5.11 Å². The van der Waals surface area contributed by atoms with Crippen LogP contribution in [0.15, 0.2) is 30.3 Å². The van der Waals surface area contributed by atoms with Gasteiger partial charge in [-0.1, -0.05) is 50.1 Å². The lowest BCUT2D eigenvalue weighted by atomic mass is 9.65. The lowest BCUT2D eigenvalue weighted by Crippen LogP contribution is -2.30. The van der Waals surface area contributed by atoms with E-state index in [-0.39, 0.29) is 6.10 Å². The second kappa shape index (κ2) is 9.79. The van der Waals surface area contributed by atoms with E-state index >= 15 is 0 Å². The molecule has 1 N–H and O–H groups in total. The lowest BCUT2D eigenvalue weighted by Gasteiger charge is -2.41. The third-order valence-corrected chi connectivity index (χ3v) is 8.84. The molecule has 0 heterocycles. The Kier molecular flexibility index (Phi) is 7.15. The molecule has 1 aromatic carbocycles. The molecule has 28 heavy (non-hydrogen) atoms. The van der Waals surface area contributed by atoms with E-state index in [1.165, 1.54) is 76.2 Å². The highest BCUT2D eigenvalue weighted by molar-refractivity contribution is 5.18. The van der Waals surface area contributed by atoms with Crippen molar-refractivity contribution in [2.75, 3.05) is 0 Å². The molecule has 0 aliphatic heterocycles. The summed E-state index contributed by atoms with van der Waals surface area (Å²) >= 11 is 0. The Balaban J connectivity index is 1.18. The molecule has 156 valence electrons. The van der Waals surface area contributed by atoms with E-state index in [2.05, 4.69) is 37.3 Å². The molecule has 0 bridgehead atoms. The van der Waals surface area contributed by atoms with E-state index in [4.69, 9.17) is 0 Å². The lowest BCUT2D eigenvalue weighted by molar-refractivity contribution is 0.0665. The predicted molar refractivity (Wildman–Crippen MR) is 118 cm³/mol. The minimum Gasteiger partial charge on any atom is -0.393 e. The molecule has 0 radical (unpaired) electrons. The zero-order valence-electron chi connectivity index (χ0n) is 18.1. The van der Waals surface area contributed by atoms with Gasteiger partial charge in [-0.05, 0) is 112 Å². The van der Waals surface area contributed by atoms with Crippen molar-refractivity contribution in [1.29, 1.82) is 0 Å². The molecule has 3 aliphatic rings. The van der Waals surface area contributed by atoms with Gasteiger partial charge < -0.3 is 5.11 Å². The van der Waals surface area contributed by atoms with Crippen molar-refractivity contribution in [3.8, 4) is 0 Å². The predicted octanol–water partition coefficient (Wildman–Crippen LogP) is 7.34. The number of hydrogen-bond acceptors (Lipinski definition) is 1. The van der Waals surface area contributed by atoms with Crippen molar-refractivity contribution in [1.82, 2.24) is 0 Å². The number of rotatable bonds is 5. The summed E-state index contributed by atoms with van der Waals surface area (Å²) in [7, 11) is 0. The minimum atomic E-state index is 0.00684. The molecule has 0 saturated heterocycles. The summed E-state index contributed by atoms with van der Waals surface area (Å²) in [4.78, 5) is 0. The van der Waals surface area contributed by atoms with Gasteiger partial charge in [0.1, 0.15) is 0 Å². The van der Waals surface area contributed by atoms with Crippen molar-refractivity contribution in [3.05, 3.63) is 35.9 Å². The fourth-order valence-corrected chi connectivity index (χ4v) is 6.97.